The number of anilines is 3. The predicted molar refractivity (Wildman–Crippen MR) is 111 cm³/mol. The van der Waals surface area contributed by atoms with E-state index in [1.165, 1.54) is 24.3 Å². The van der Waals surface area contributed by atoms with Crippen LogP contribution >= 0.6 is 0 Å². The van der Waals surface area contributed by atoms with E-state index in [0.29, 0.717) is 22.6 Å². The Balaban J connectivity index is 2.05. The van der Waals surface area contributed by atoms with Gasteiger partial charge in [0.05, 0.1) is 5.69 Å². The predicted octanol–water partition coefficient (Wildman–Crippen LogP) is 2.47. The molecule has 2 aromatic carbocycles. The lowest BCUT2D eigenvalue weighted by molar-refractivity contribution is -0.134. The van der Waals surface area contributed by atoms with E-state index in [4.69, 9.17) is 10.2 Å². The van der Waals surface area contributed by atoms with Crippen LogP contribution in [0.5, 0.6) is 0 Å². The van der Waals surface area contributed by atoms with Crippen LogP contribution in [0.4, 0.5) is 17.1 Å². The van der Waals surface area contributed by atoms with E-state index in [1.54, 1.807) is 38.1 Å². The van der Waals surface area contributed by atoms with Crippen LogP contribution in [-0.2, 0) is 14.4 Å². The van der Waals surface area contributed by atoms with Crippen LogP contribution in [-0.4, -0.2) is 39.7 Å². The summed E-state index contributed by atoms with van der Waals surface area (Å²) in [5.41, 5.74) is 2.88. The topological polar surface area (TPSA) is 157 Å². The smallest absolute Gasteiger partial charge is 0.364 e. The van der Waals surface area contributed by atoms with Crippen molar-refractivity contribution >= 4 is 46.5 Å². The van der Waals surface area contributed by atoms with E-state index < -0.39 is 23.6 Å². The van der Waals surface area contributed by atoms with Crippen molar-refractivity contribution in [2.75, 3.05) is 16.1 Å². The van der Waals surface area contributed by atoms with E-state index >= 15 is 0 Å². The second-order valence-corrected chi connectivity index (χ2v) is 6.44. The van der Waals surface area contributed by atoms with Crippen molar-refractivity contribution in [1.82, 2.24) is 0 Å². The van der Waals surface area contributed by atoms with Gasteiger partial charge in [0.1, 0.15) is 0 Å². The molecule has 10 nitrogen and oxygen atoms in total. The van der Waals surface area contributed by atoms with Gasteiger partial charge in [-0.25, -0.2) is 9.59 Å². The van der Waals surface area contributed by atoms with Crippen molar-refractivity contribution in [3.8, 4) is 0 Å². The van der Waals surface area contributed by atoms with Crippen LogP contribution in [0.15, 0.2) is 53.6 Å². The number of nitrogens with one attached hydrogen (secondary N) is 3. The summed E-state index contributed by atoms with van der Waals surface area (Å²) in [6, 6.07) is 12.5. The third-order valence-corrected chi connectivity index (χ3v) is 3.76. The summed E-state index contributed by atoms with van der Waals surface area (Å²) in [7, 11) is 0. The van der Waals surface area contributed by atoms with Crippen LogP contribution in [0.1, 0.15) is 24.2 Å². The lowest BCUT2D eigenvalue weighted by Crippen LogP contribution is -2.24. The molecule has 0 fully saturated rings. The van der Waals surface area contributed by atoms with Crippen molar-refractivity contribution in [1.29, 1.82) is 0 Å². The fraction of sp³-hybridized carbons (Fsp3) is 0.150. The first-order valence-corrected chi connectivity index (χ1v) is 8.80. The summed E-state index contributed by atoms with van der Waals surface area (Å²) in [6.45, 7) is 3.55. The molecule has 0 aliphatic carbocycles. The highest BCUT2D eigenvalue weighted by atomic mass is 16.4. The zero-order valence-corrected chi connectivity index (χ0v) is 16.2. The number of hydrogen-bond acceptors (Lipinski definition) is 6. The van der Waals surface area contributed by atoms with Crippen LogP contribution in [0.25, 0.3) is 0 Å². The first-order chi connectivity index (χ1) is 14.2. The number of carboxylic acids is 2. The largest absolute Gasteiger partial charge is 0.476 e. The van der Waals surface area contributed by atoms with Gasteiger partial charge in [0, 0.05) is 22.9 Å². The molecule has 5 N–H and O–H groups in total. The van der Waals surface area contributed by atoms with Gasteiger partial charge in [-0.3, -0.25) is 15.0 Å². The van der Waals surface area contributed by atoms with Gasteiger partial charge in [-0.05, 0) is 42.5 Å². The average Bonchev–Trinajstić information content (AvgIpc) is 2.68. The highest BCUT2D eigenvalue weighted by Gasteiger charge is 2.18. The molecule has 0 aromatic heterocycles. The number of hydrazone groups is 1. The lowest BCUT2D eigenvalue weighted by atomic mass is 10.1. The van der Waals surface area contributed by atoms with Crippen molar-refractivity contribution in [2.24, 2.45) is 11.0 Å². The summed E-state index contributed by atoms with van der Waals surface area (Å²) in [5.74, 6) is -4.09. The molecule has 0 spiro atoms. The Labute approximate surface area is 171 Å². The number of carbonyl (C=O) groups excluding carboxylic acids is 2. The molecule has 2 aromatic rings. The number of benzene rings is 2. The normalized spacial score (nSPS) is 10.1. The van der Waals surface area contributed by atoms with E-state index in [1.807, 2.05) is 0 Å². The third-order valence-electron chi connectivity index (χ3n) is 3.76. The molecule has 0 saturated heterocycles. The summed E-state index contributed by atoms with van der Waals surface area (Å²) in [6.07, 6.45) is 0. The Morgan fingerprint density at radius 2 is 1.40 bits per heavy atom. The molecular formula is C20H20N4O6. The number of rotatable bonds is 8. The van der Waals surface area contributed by atoms with E-state index in [9.17, 15) is 19.2 Å². The fourth-order valence-corrected chi connectivity index (χ4v) is 2.17. The van der Waals surface area contributed by atoms with Crippen molar-refractivity contribution in [3.05, 3.63) is 54.1 Å². The Kier molecular flexibility index (Phi) is 7.23. The molecule has 30 heavy (non-hydrogen) atoms. The third kappa shape index (κ3) is 6.16. The van der Waals surface area contributed by atoms with Crippen LogP contribution in [0, 0.1) is 5.92 Å². The first-order valence-electron chi connectivity index (χ1n) is 8.80. The molecule has 156 valence electrons. The molecule has 2 amide bonds. The highest BCUT2D eigenvalue weighted by Crippen LogP contribution is 2.17. The van der Waals surface area contributed by atoms with Gasteiger partial charge in [-0.2, -0.15) is 5.10 Å². The Bertz CT molecular complexity index is 983. The summed E-state index contributed by atoms with van der Waals surface area (Å²) in [4.78, 5) is 45.7. The zero-order valence-electron chi connectivity index (χ0n) is 16.2. The monoisotopic (exact) mass is 412 g/mol. The fourth-order valence-electron chi connectivity index (χ4n) is 2.17. The van der Waals surface area contributed by atoms with E-state index in [2.05, 4.69) is 21.2 Å². The maximum absolute atomic E-state index is 12.4. The van der Waals surface area contributed by atoms with Gasteiger partial charge >= 0.3 is 11.9 Å². The number of hydrogen-bond donors (Lipinski definition) is 5. The SMILES string of the molecule is CC(C)C(=O)Nc1cccc(NC(=O)c2ccc(NN=C(C(=O)O)C(=O)O)cc2)c1. The molecule has 0 aliphatic heterocycles. The minimum absolute atomic E-state index is 0.141. The number of nitrogens with zero attached hydrogens (tertiary/aromatic N) is 1. The maximum Gasteiger partial charge on any atom is 0.364 e. The second kappa shape index (κ2) is 9.82. The van der Waals surface area contributed by atoms with Crippen molar-refractivity contribution in [3.63, 3.8) is 0 Å². The molecule has 2 rings (SSSR count). The Morgan fingerprint density at radius 3 is 1.93 bits per heavy atom. The minimum atomic E-state index is -1.68. The molecule has 0 aliphatic rings. The Morgan fingerprint density at radius 1 is 0.833 bits per heavy atom. The molecular weight excluding hydrogens is 392 g/mol. The highest BCUT2D eigenvalue weighted by molar-refractivity contribution is 6.61. The summed E-state index contributed by atoms with van der Waals surface area (Å²) in [5, 5.41) is 26.3. The summed E-state index contributed by atoms with van der Waals surface area (Å²) >= 11 is 0. The van der Waals surface area contributed by atoms with Crippen LogP contribution in [0.3, 0.4) is 0 Å². The second-order valence-electron chi connectivity index (χ2n) is 6.44. The number of carboxylic acid groups (broad SMARTS) is 2. The quantitative estimate of drug-likeness (QED) is 0.253. The molecule has 0 saturated carbocycles. The van der Waals surface area contributed by atoms with E-state index in [-0.39, 0.29) is 11.8 Å². The Hall–Kier alpha value is -4.21. The van der Waals surface area contributed by atoms with E-state index in [0.717, 1.165) is 0 Å². The number of aliphatic carboxylic acids is 2. The molecule has 0 atom stereocenters. The molecule has 0 heterocycles. The molecule has 0 bridgehead atoms. The minimum Gasteiger partial charge on any atom is -0.476 e. The van der Waals surface area contributed by atoms with Gasteiger partial charge in [0.2, 0.25) is 5.91 Å². The standard InChI is InChI=1S/C20H20N4O6/c1-11(2)17(25)21-14-4-3-5-15(10-14)22-18(26)12-6-8-13(9-7-12)23-24-16(19(27)28)20(29)30/h3-11,23H,1-2H3,(H,21,25)(H,22,26)(H,27,28)(H,29,30). The average molecular weight is 412 g/mol. The van der Waals surface area contributed by atoms with Gasteiger partial charge in [-0.15, -0.1) is 0 Å². The van der Waals surface area contributed by atoms with Gasteiger partial charge in [-0.1, -0.05) is 19.9 Å². The van der Waals surface area contributed by atoms with Crippen molar-refractivity contribution in [2.45, 2.75) is 13.8 Å². The van der Waals surface area contributed by atoms with Crippen LogP contribution in [0.2, 0.25) is 0 Å². The molecule has 0 radical (unpaired) electrons. The van der Waals surface area contributed by atoms with Crippen molar-refractivity contribution < 1.29 is 29.4 Å². The lowest BCUT2D eigenvalue weighted by Gasteiger charge is -2.10. The molecule has 10 heteroatoms. The van der Waals surface area contributed by atoms with Gasteiger partial charge in [0.15, 0.2) is 0 Å². The number of carbonyl (C=O) groups is 4. The molecule has 0 unspecified atom stereocenters. The first kappa shape index (κ1) is 22.1. The zero-order chi connectivity index (χ0) is 22.3. The maximum atomic E-state index is 12.4. The van der Waals surface area contributed by atoms with Crippen LogP contribution < -0.4 is 16.1 Å². The number of amides is 2. The summed E-state index contributed by atoms with van der Waals surface area (Å²) < 4.78 is 0. The van der Waals surface area contributed by atoms with Gasteiger partial charge in [0.25, 0.3) is 11.6 Å². The van der Waals surface area contributed by atoms with Gasteiger partial charge < -0.3 is 20.8 Å².